The minimum absolute atomic E-state index is 0.0355. The van der Waals surface area contributed by atoms with E-state index in [9.17, 15) is 19.5 Å². The number of aliphatic hydroxyl groups excluding tert-OH is 1. The van der Waals surface area contributed by atoms with Crippen LogP contribution in [0.15, 0.2) is 34.7 Å². The molecule has 0 radical (unpaired) electrons. The summed E-state index contributed by atoms with van der Waals surface area (Å²) in [7, 11) is 0. The molecule has 1 aromatic heterocycles. The number of benzene rings is 1. The lowest BCUT2D eigenvalue weighted by Crippen LogP contribution is -2.54. The fraction of sp³-hybridized carbons (Fsp3) is 0.607. The summed E-state index contributed by atoms with van der Waals surface area (Å²) in [4.78, 5) is 40.7. The van der Waals surface area contributed by atoms with Crippen LogP contribution >= 0.6 is 0 Å². The molecule has 1 saturated heterocycles. The third-order valence-corrected chi connectivity index (χ3v) is 7.40. The molecule has 2 aliphatic rings. The summed E-state index contributed by atoms with van der Waals surface area (Å²) in [6.07, 6.45) is 6.15. The van der Waals surface area contributed by atoms with Gasteiger partial charge in [0, 0.05) is 24.9 Å². The molecule has 1 aliphatic heterocycles. The monoisotopic (exact) mass is 497 g/mol. The Bertz CT molecular complexity index is 1030. The Balaban J connectivity index is 1.38. The zero-order chi connectivity index (χ0) is 25.7. The second kappa shape index (κ2) is 11.9. The Labute approximate surface area is 212 Å². The van der Waals surface area contributed by atoms with Crippen LogP contribution in [-0.2, 0) is 9.59 Å². The van der Waals surface area contributed by atoms with Gasteiger partial charge in [0.25, 0.3) is 5.91 Å². The minimum atomic E-state index is -0.852. The van der Waals surface area contributed by atoms with E-state index < -0.39 is 24.1 Å². The normalized spacial score (nSPS) is 22.4. The maximum Gasteiger partial charge on any atom is 0.287 e. The molecule has 3 N–H and O–H groups in total. The lowest BCUT2D eigenvalue weighted by Gasteiger charge is -2.31. The van der Waals surface area contributed by atoms with Crippen LogP contribution in [0.2, 0.25) is 0 Å². The molecule has 1 unspecified atom stereocenters. The number of nitrogens with zero attached hydrogens (tertiary/aromatic N) is 1. The number of amides is 3. The van der Waals surface area contributed by atoms with Crippen LogP contribution in [0.25, 0.3) is 11.0 Å². The van der Waals surface area contributed by atoms with Gasteiger partial charge in [-0.05, 0) is 49.7 Å². The van der Waals surface area contributed by atoms with Crippen molar-refractivity contribution in [1.82, 2.24) is 15.5 Å². The van der Waals surface area contributed by atoms with E-state index in [0.29, 0.717) is 30.9 Å². The summed E-state index contributed by atoms with van der Waals surface area (Å²) in [5, 5.41) is 17.5. The highest BCUT2D eigenvalue weighted by Crippen LogP contribution is 2.26. The summed E-state index contributed by atoms with van der Waals surface area (Å²) in [6, 6.07) is 7.69. The van der Waals surface area contributed by atoms with E-state index in [1.54, 1.807) is 17.0 Å². The van der Waals surface area contributed by atoms with Gasteiger partial charge in [-0.15, -0.1) is 0 Å². The molecule has 1 aliphatic carbocycles. The van der Waals surface area contributed by atoms with Crippen LogP contribution in [0.1, 0.15) is 75.8 Å². The summed E-state index contributed by atoms with van der Waals surface area (Å²) >= 11 is 0. The molecule has 4 rings (SSSR count). The van der Waals surface area contributed by atoms with Gasteiger partial charge in [-0.25, -0.2) is 0 Å². The Morgan fingerprint density at radius 1 is 1.14 bits per heavy atom. The highest BCUT2D eigenvalue weighted by atomic mass is 16.3. The standard InChI is InChI=1S/C28H39N3O5/c1-18(2)14-22(30-28(35)25-15-20-10-6-7-11-24(20)36-25)27(34)29-21-12-13-26(33)31(17-23(21)32)16-19-8-4-3-5-9-19/h6-7,10-11,15,18-19,21-23,32H,3-5,8-9,12-14,16-17H2,1-2H3,(H,29,34)(H,30,35)/t21-,22-,23?/m0/s1. The summed E-state index contributed by atoms with van der Waals surface area (Å²) in [5.41, 5.74) is 0.608. The van der Waals surface area contributed by atoms with E-state index in [2.05, 4.69) is 10.6 Å². The maximum atomic E-state index is 13.3. The topological polar surface area (TPSA) is 112 Å². The molecule has 8 nitrogen and oxygen atoms in total. The van der Waals surface area contributed by atoms with Crippen LogP contribution in [0.3, 0.4) is 0 Å². The Morgan fingerprint density at radius 2 is 1.89 bits per heavy atom. The van der Waals surface area contributed by atoms with Gasteiger partial charge in [0.2, 0.25) is 11.8 Å². The fourth-order valence-electron chi connectivity index (χ4n) is 5.42. The van der Waals surface area contributed by atoms with Crippen molar-refractivity contribution in [2.24, 2.45) is 11.8 Å². The number of para-hydroxylation sites is 1. The first-order valence-electron chi connectivity index (χ1n) is 13.4. The number of nitrogens with one attached hydrogen (secondary N) is 2. The average Bonchev–Trinajstić information content (AvgIpc) is 3.25. The van der Waals surface area contributed by atoms with Crippen LogP contribution in [0, 0.1) is 11.8 Å². The number of aliphatic hydroxyl groups is 1. The predicted molar refractivity (Wildman–Crippen MR) is 137 cm³/mol. The molecule has 1 aromatic carbocycles. The number of rotatable bonds is 8. The molecule has 0 spiro atoms. The number of hydrogen-bond acceptors (Lipinski definition) is 5. The SMILES string of the molecule is CC(C)C[C@H](NC(=O)c1cc2ccccc2o1)C(=O)N[C@H]1CCC(=O)N(CC2CCCCC2)CC1O. The van der Waals surface area contributed by atoms with Crippen LogP contribution in [0.4, 0.5) is 0 Å². The molecule has 3 atom stereocenters. The van der Waals surface area contributed by atoms with Gasteiger partial charge >= 0.3 is 0 Å². The molecule has 2 fully saturated rings. The van der Waals surface area contributed by atoms with Crippen LogP contribution in [0.5, 0.6) is 0 Å². The van der Waals surface area contributed by atoms with Crippen LogP contribution < -0.4 is 10.6 Å². The van der Waals surface area contributed by atoms with Gasteiger partial charge in [-0.2, -0.15) is 0 Å². The molecule has 3 amide bonds. The van der Waals surface area contributed by atoms with E-state index in [0.717, 1.165) is 18.2 Å². The molecule has 0 bridgehead atoms. The lowest BCUT2D eigenvalue weighted by molar-refractivity contribution is -0.132. The van der Waals surface area contributed by atoms with Gasteiger partial charge in [0.15, 0.2) is 5.76 Å². The van der Waals surface area contributed by atoms with Crippen molar-refractivity contribution in [3.8, 4) is 0 Å². The second-order valence-electron chi connectivity index (χ2n) is 10.8. The van der Waals surface area contributed by atoms with Crippen molar-refractivity contribution < 1.29 is 23.9 Å². The number of likely N-dealkylation sites (tertiary alicyclic amines) is 1. The molecular formula is C28H39N3O5. The van der Waals surface area contributed by atoms with Crippen molar-refractivity contribution in [2.75, 3.05) is 13.1 Å². The van der Waals surface area contributed by atoms with E-state index in [4.69, 9.17) is 4.42 Å². The van der Waals surface area contributed by atoms with Gasteiger partial charge in [0.1, 0.15) is 11.6 Å². The largest absolute Gasteiger partial charge is 0.451 e. The Hall–Kier alpha value is -2.87. The van der Waals surface area contributed by atoms with Crippen molar-refractivity contribution in [3.63, 3.8) is 0 Å². The zero-order valence-electron chi connectivity index (χ0n) is 21.4. The number of hydrogen-bond donors (Lipinski definition) is 3. The Morgan fingerprint density at radius 3 is 2.61 bits per heavy atom. The maximum absolute atomic E-state index is 13.3. The number of carbonyl (C=O) groups excluding carboxylic acids is 3. The molecule has 36 heavy (non-hydrogen) atoms. The number of carbonyl (C=O) groups is 3. The predicted octanol–water partition coefficient (Wildman–Crippen LogP) is 3.63. The van der Waals surface area contributed by atoms with Crippen molar-refractivity contribution in [1.29, 1.82) is 0 Å². The van der Waals surface area contributed by atoms with Gasteiger partial charge < -0.3 is 25.1 Å². The number of fused-ring (bicyclic) bond motifs is 1. The third-order valence-electron chi connectivity index (χ3n) is 7.40. The fourth-order valence-corrected chi connectivity index (χ4v) is 5.42. The average molecular weight is 498 g/mol. The molecular weight excluding hydrogens is 458 g/mol. The third kappa shape index (κ3) is 6.66. The molecule has 8 heteroatoms. The zero-order valence-corrected chi connectivity index (χ0v) is 21.4. The number of furan rings is 1. The molecule has 196 valence electrons. The van der Waals surface area contributed by atoms with Crippen molar-refractivity contribution >= 4 is 28.7 Å². The van der Waals surface area contributed by atoms with E-state index in [1.807, 2.05) is 32.0 Å². The first-order valence-corrected chi connectivity index (χ1v) is 13.4. The molecule has 2 heterocycles. The molecule has 1 saturated carbocycles. The second-order valence-corrected chi connectivity index (χ2v) is 10.8. The van der Waals surface area contributed by atoms with E-state index in [1.165, 1.54) is 19.3 Å². The first-order chi connectivity index (χ1) is 17.3. The van der Waals surface area contributed by atoms with Crippen molar-refractivity contribution in [2.45, 2.75) is 83.4 Å². The van der Waals surface area contributed by atoms with Crippen molar-refractivity contribution in [3.05, 3.63) is 36.1 Å². The van der Waals surface area contributed by atoms with E-state index in [-0.39, 0.29) is 36.5 Å². The minimum Gasteiger partial charge on any atom is -0.451 e. The highest BCUT2D eigenvalue weighted by Gasteiger charge is 2.34. The van der Waals surface area contributed by atoms with Gasteiger partial charge in [0.05, 0.1) is 12.1 Å². The summed E-state index contributed by atoms with van der Waals surface area (Å²) in [6.45, 7) is 4.87. The summed E-state index contributed by atoms with van der Waals surface area (Å²) in [5.74, 6) is 0.0189. The van der Waals surface area contributed by atoms with Gasteiger partial charge in [-0.1, -0.05) is 51.3 Å². The lowest BCUT2D eigenvalue weighted by atomic mass is 9.89. The van der Waals surface area contributed by atoms with E-state index >= 15 is 0 Å². The first kappa shape index (κ1) is 26.2. The summed E-state index contributed by atoms with van der Waals surface area (Å²) < 4.78 is 5.66. The highest BCUT2D eigenvalue weighted by molar-refractivity contribution is 5.98. The van der Waals surface area contributed by atoms with Crippen LogP contribution in [-0.4, -0.2) is 59.0 Å². The molecule has 2 aromatic rings. The van der Waals surface area contributed by atoms with Gasteiger partial charge in [-0.3, -0.25) is 14.4 Å². The smallest absolute Gasteiger partial charge is 0.287 e. The number of β-amino-alcohol motifs (C(OH)–C–C–N with tert-alkyl or cyclic N) is 1. The quantitative estimate of drug-likeness (QED) is 0.516. The Kier molecular flexibility index (Phi) is 8.67.